The van der Waals surface area contributed by atoms with Gasteiger partial charge >= 0.3 is 0 Å². The number of hydrogen-bond acceptors (Lipinski definition) is 7. The topological polar surface area (TPSA) is 160 Å². The van der Waals surface area contributed by atoms with Gasteiger partial charge < -0.3 is 37.6 Å². The molecule has 2 atom stereocenters. The lowest BCUT2D eigenvalue weighted by Gasteiger charge is -2.24. The third kappa shape index (κ3) is 10.2. The van der Waals surface area contributed by atoms with Crippen molar-refractivity contribution in [2.24, 2.45) is 17.2 Å². The summed E-state index contributed by atoms with van der Waals surface area (Å²) in [6.45, 7) is 1.56. The minimum atomic E-state index is -1.10. The van der Waals surface area contributed by atoms with E-state index in [2.05, 4.69) is 10.6 Å². The fourth-order valence-electron chi connectivity index (χ4n) is 3.81. The predicted octanol–water partition coefficient (Wildman–Crippen LogP) is -0.0502. The van der Waals surface area contributed by atoms with Crippen molar-refractivity contribution in [1.29, 1.82) is 0 Å². The molecule has 2 aromatic carbocycles. The Morgan fingerprint density at radius 3 is 2.05 bits per heavy atom. The van der Waals surface area contributed by atoms with Gasteiger partial charge in [0, 0.05) is 52.5 Å². The molecular formula is C27H41N7O3. The van der Waals surface area contributed by atoms with E-state index < -0.39 is 18.0 Å². The number of benzene rings is 2. The van der Waals surface area contributed by atoms with Gasteiger partial charge in [-0.2, -0.15) is 0 Å². The lowest BCUT2D eigenvalue weighted by Crippen LogP contribution is -2.53. The number of anilines is 1. The second kappa shape index (κ2) is 15.6. The van der Waals surface area contributed by atoms with E-state index >= 15 is 0 Å². The molecule has 0 bridgehead atoms. The largest absolute Gasteiger partial charge is 0.378 e. The van der Waals surface area contributed by atoms with Crippen molar-refractivity contribution < 1.29 is 14.4 Å². The maximum absolute atomic E-state index is 13.1. The SMILES string of the molecule is CN(C)c1ccc(CNC(=O)C(CCc2ccccc2)NC(=O)C(N)CC(=O)N(CCN)CCN)cc1. The van der Waals surface area contributed by atoms with Crippen LogP contribution in [0.15, 0.2) is 54.6 Å². The molecule has 10 nitrogen and oxygen atoms in total. The van der Waals surface area contributed by atoms with E-state index in [1.165, 1.54) is 4.90 Å². The van der Waals surface area contributed by atoms with Crippen LogP contribution in [0, 0.1) is 0 Å². The highest BCUT2D eigenvalue weighted by Crippen LogP contribution is 2.12. The molecule has 0 aliphatic carbocycles. The summed E-state index contributed by atoms with van der Waals surface area (Å²) in [4.78, 5) is 42.0. The minimum Gasteiger partial charge on any atom is -0.378 e. The smallest absolute Gasteiger partial charge is 0.242 e. The first-order chi connectivity index (χ1) is 17.7. The van der Waals surface area contributed by atoms with Crippen molar-refractivity contribution in [3.05, 3.63) is 65.7 Å². The first kappa shape index (κ1) is 29.8. The quantitative estimate of drug-likeness (QED) is 0.224. The first-order valence-corrected chi connectivity index (χ1v) is 12.6. The van der Waals surface area contributed by atoms with Crippen LogP contribution in [0.2, 0.25) is 0 Å². The molecule has 2 unspecified atom stereocenters. The molecule has 0 saturated heterocycles. The van der Waals surface area contributed by atoms with Crippen LogP contribution in [0.1, 0.15) is 24.0 Å². The molecule has 2 aromatic rings. The van der Waals surface area contributed by atoms with E-state index in [-0.39, 0.29) is 31.3 Å². The maximum atomic E-state index is 13.1. The number of nitrogens with one attached hydrogen (secondary N) is 2. The molecule has 0 saturated carbocycles. The highest BCUT2D eigenvalue weighted by atomic mass is 16.2. The second-order valence-electron chi connectivity index (χ2n) is 9.13. The molecule has 0 heterocycles. The molecule has 0 fully saturated rings. The average Bonchev–Trinajstić information content (AvgIpc) is 2.90. The third-order valence-electron chi connectivity index (χ3n) is 6.00. The monoisotopic (exact) mass is 511 g/mol. The molecule has 0 aliphatic heterocycles. The molecule has 8 N–H and O–H groups in total. The second-order valence-corrected chi connectivity index (χ2v) is 9.13. The Balaban J connectivity index is 2.03. The van der Waals surface area contributed by atoms with Gasteiger partial charge in [0.15, 0.2) is 0 Å². The molecule has 0 radical (unpaired) electrons. The van der Waals surface area contributed by atoms with Crippen LogP contribution in [0.3, 0.4) is 0 Å². The van der Waals surface area contributed by atoms with Gasteiger partial charge in [-0.05, 0) is 36.1 Å². The van der Waals surface area contributed by atoms with Crippen molar-refractivity contribution in [2.75, 3.05) is 45.2 Å². The van der Waals surface area contributed by atoms with Crippen LogP contribution in [0.25, 0.3) is 0 Å². The Morgan fingerprint density at radius 1 is 0.865 bits per heavy atom. The molecule has 3 amide bonds. The summed E-state index contributed by atoms with van der Waals surface area (Å²) in [5, 5.41) is 5.66. The van der Waals surface area contributed by atoms with Crippen LogP contribution in [-0.2, 0) is 27.3 Å². The molecule has 202 valence electrons. The van der Waals surface area contributed by atoms with Crippen LogP contribution >= 0.6 is 0 Å². The van der Waals surface area contributed by atoms with Crippen molar-refractivity contribution in [3.8, 4) is 0 Å². The lowest BCUT2D eigenvalue weighted by atomic mass is 10.0. The summed E-state index contributed by atoms with van der Waals surface area (Å²) in [7, 11) is 3.92. The zero-order valence-electron chi connectivity index (χ0n) is 21.9. The number of hydrogen-bond donors (Lipinski definition) is 5. The lowest BCUT2D eigenvalue weighted by molar-refractivity contribution is -0.135. The summed E-state index contributed by atoms with van der Waals surface area (Å²) in [5.41, 5.74) is 20.2. The Labute approximate surface area is 219 Å². The zero-order valence-corrected chi connectivity index (χ0v) is 21.9. The van der Waals surface area contributed by atoms with Crippen LogP contribution < -0.4 is 32.7 Å². The van der Waals surface area contributed by atoms with E-state index in [0.29, 0.717) is 32.5 Å². The molecule has 37 heavy (non-hydrogen) atoms. The number of nitrogens with zero attached hydrogens (tertiary/aromatic N) is 2. The molecule has 0 aliphatic rings. The Kier molecular flexibility index (Phi) is 12.5. The molecular weight excluding hydrogens is 470 g/mol. The van der Waals surface area contributed by atoms with E-state index in [1.54, 1.807) is 0 Å². The van der Waals surface area contributed by atoms with Crippen molar-refractivity contribution >= 4 is 23.4 Å². The van der Waals surface area contributed by atoms with Crippen LogP contribution in [-0.4, -0.2) is 75.0 Å². The van der Waals surface area contributed by atoms with Gasteiger partial charge in [0.1, 0.15) is 6.04 Å². The van der Waals surface area contributed by atoms with Gasteiger partial charge in [-0.25, -0.2) is 0 Å². The predicted molar refractivity (Wildman–Crippen MR) is 147 cm³/mol. The number of amides is 3. The summed E-state index contributed by atoms with van der Waals surface area (Å²) >= 11 is 0. The number of aryl methyl sites for hydroxylation is 1. The average molecular weight is 512 g/mol. The van der Waals surface area contributed by atoms with Gasteiger partial charge in [0.05, 0.1) is 12.5 Å². The van der Waals surface area contributed by atoms with Crippen molar-refractivity contribution in [3.63, 3.8) is 0 Å². The fourth-order valence-corrected chi connectivity index (χ4v) is 3.81. The molecule has 10 heteroatoms. The van der Waals surface area contributed by atoms with E-state index in [1.807, 2.05) is 73.6 Å². The first-order valence-electron chi connectivity index (χ1n) is 12.6. The summed E-state index contributed by atoms with van der Waals surface area (Å²) < 4.78 is 0. The highest BCUT2D eigenvalue weighted by Gasteiger charge is 2.26. The van der Waals surface area contributed by atoms with Crippen molar-refractivity contribution in [2.45, 2.75) is 37.9 Å². The molecule has 2 rings (SSSR count). The summed E-state index contributed by atoms with van der Waals surface area (Å²) in [6, 6.07) is 15.7. The fraction of sp³-hybridized carbons (Fsp3) is 0.444. The minimum absolute atomic E-state index is 0.197. The van der Waals surface area contributed by atoms with Crippen LogP contribution in [0.5, 0.6) is 0 Å². The number of rotatable bonds is 15. The van der Waals surface area contributed by atoms with E-state index in [9.17, 15) is 14.4 Å². The van der Waals surface area contributed by atoms with E-state index in [0.717, 1.165) is 16.8 Å². The summed E-state index contributed by atoms with van der Waals surface area (Å²) in [6.07, 6.45) is 0.775. The normalized spacial score (nSPS) is 12.4. The standard InChI is InChI=1S/C27H41N7O3/c1-33(2)22-11-8-21(9-12-22)19-31-27(37)24(13-10-20-6-4-3-5-7-20)32-26(36)23(30)18-25(35)34(16-14-28)17-15-29/h3-9,11-12,23-24H,10,13-19,28-30H2,1-2H3,(H,31,37)(H,32,36). The van der Waals surface area contributed by atoms with Gasteiger partial charge in [-0.15, -0.1) is 0 Å². The molecule has 0 spiro atoms. The third-order valence-corrected chi connectivity index (χ3v) is 6.00. The number of nitrogens with two attached hydrogens (primary N) is 3. The van der Waals surface area contributed by atoms with Gasteiger partial charge in [0.25, 0.3) is 0 Å². The zero-order chi connectivity index (χ0) is 27.2. The Hall–Kier alpha value is -3.47. The molecule has 0 aromatic heterocycles. The summed E-state index contributed by atoms with van der Waals surface area (Å²) in [5.74, 6) is -1.17. The highest BCUT2D eigenvalue weighted by molar-refractivity contribution is 5.92. The number of carbonyl (C=O) groups excluding carboxylic acids is 3. The Bertz CT molecular complexity index is 977. The van der Waals surface area contributed by atoms with Crippen LogP contribution in [0.4, 0.5) is 5.69 Å². The van der Waals surface area contributed by atoms with Gasteiger partial charge in [-0.1, -0.05) is 42.5 Å². The van der Waals surface area contributed by atoms with E-state index in [4.69, 9.17) is 17.2 Å². The van der Waals surface area contributed by atoms with Gasteiger partial charge in [0.2, 0.25) is 17.7 Å². The van der Waals surface area contributed by atoms with Gasteiger partial charge in [-0.3, -0.25) is 14.4 Å². The van der Waals surface area contributed by atoms with Crippen molar-refractivity contribution in [1.82, 2.24) is 15.5 Å². The Morgan fingerprint density at radius 2 is 1.49 bits per heavy atom. The maximum Gasteiger partial charge on any atom is 0.242 e. The number of carbonyl (C=O) groups is 3.